The summed E-state index contributed by atoms with van der Waals surface area (Å²) in [5, 5.41) is 15.0. The smallest absolute Gasteiger partial charge is 0.279 e. The van der Waals surface area contributed by atoms with Crippen molar-refractivity contribution in [2.45, 2.75) is 32.2 Å². The summed E-state index contributed by atoms with van der Waals surface area (Å²) < 4.78 is 5.14. The van der Waals surface area contributed by atoms with Crippen LogP contribution in [-0.2, 0) is 9.59 Å². The van der Waals surface area contributed by atoms with Gasteiger partial charge in [0.2, 0.25) is 0 Å². The normalized spacial score (nSPS) is 16.7. The van der Waals surface area contributed by atoms with Crippen molar-refractivity contribution in [3.05, 3.63) is 24.3 Å². The zero-order valence-electron chi connectivity index (χ0n) is 15.6. The monoisotopic (exact) mass is 359 g/mol. The number of nitrogens with one attached hydrogen (secondary N) is 3. The highest BCUT2D eigenvalue weighted by molar-refractivity contribution is 5.91. The maximum Gasteiger partial charge on any atom is 0.279 e. The number of nitrogens with zero attached hydrogens (tertiary/aromatic N) is 1. The average Bonchev–Trinajstić information content (AvgIpc) is 3.46. The molecular weight excluding hydrogens is 332 g/mol. The minimum Gasteiger partial charge on any atom is -0.497 e. The number of hydrogen-bond acceptors (Lipinski definition) is 4. The Morgan fingerprint density at radius 3 is 2.62 bits per heavy atom. The summed E-state index contributed by atoms with van der Waals surface area (Å²) in [5.41, 5.74) is -0.154. The standard InChI is InChI=1S/C19H26N4O3/c1-4-23(12-18(25)22-19(2,13-20)14-8-9-14)11-17(24)21-15-6-5-7-16(10-15)26-3/h5-7,10,14H,4,8-9,11-12H2,1-3H3,(H,21,24)(H,22,25)/p+1/t19-/m0/s1. The van der Waals surface area contributed by atoms with Crippen molar-refractivity contribution in [1.29, 1.82) is 5.26 Å². The molecule has 0 bridgehead atoms. The number of anilines is 1. The number of quaternary nitrogens is 1. The SMILES string of the molecule is CC[NH+](CC(=O)Nc1cccc(OC)c1)CC(=O)N[C@@](C)(C#N)C1CC1. The second-order valence-electron chi connectivity index (χ2n) is 6.87. The third kappa shape index (κ3) is 5.46. The van der Waals surface area contributed by atoms with E-state index in [1.807, 2.05) is 6.92 Å². The van der Waals surface area contributed by atoms with Crippen molar-refractivity contribution in [1.82, 2.24) is 5.32 Å². The summed E-state index contributed by atoms with van der Waals surface area (Å²) in [6, 6.07) is 9.34. The van der Waals surface area contributed by atoms with E-state index in [0.29, 0.717) is 18.0 Å². The van der Waals surface area contributed by atoms with Crippen LogP contribution in [0.3, 0.4) is 0 Å². The quantitative estimate of drug-likeness (QED) is 0.593. The minimum absolute atomic E-state index is 0.159. The van der Waals surface area contributed by atoms with Crippen molar-refractivity contribution in [2.75, 3.05) is 32.1 Å². The van der Waals surface area contributed by atoms with Crippen molar-refractivity contribution in [2.24, 2.45) is 5.92 Å². The second-order valence-corrected chi connectivity index (χ2v) is 6.87. The average molecular weight is 359 g/mol. The molecule has 7 heteroatoms. The van der Waals surface area contributed by atoms with Gasteiger partial charge in [-0.3, -0.25) is 9.59 Å². The summed E-state index contributed by atoms with van der Waals surface area (Å²) in [6.07, 6.45) is 1.94. The second kappa shape index (κ2) is 8.68. The van der Waals surface area contributed by atoms with Crippen molar-refractivity contribution in [3.63, 3.8) is 0 Å². The highest BCUT2D eigenvalue weighted by Gasteiger charge is 2.43. The Kier molecular flexibility index (Phi) is 6.58. The molecule has 7 nitrogen and oxygen atoms in total. The van der Waals surface area contributed by atoms with Crippen LogP contribution in [0.2, 0.25) is 0 Å². The number of likely N-dealkylation sites (N-methyl/N-ethyl adjacent to an activating group) is 1. The lowest BCUT2D eigenvalue weighted by molar-refractivity contribution is -0.881. The molecular formula is C19H27N4O3+. The fourth-order valence-corrected chi connectivity index (χ4v) is 2.89. The van der Waals surface area contributed by atoms with Crippen LogP contribution in [0.1, 0.15) is 26.7 Å². The first-order chi connectivity index (χ1) is 12.4. The van der Waals surface area contributed by atoms with Gasteiger partial charge in [0, 0.05) is 11.8 Å². The van der Waals surface area contributed by atoms with Crippen LogP contribution in [0.15, 0.2) is 24.3 Å². The summed E-state index contributed by atoms with van der Waals surface area (Å²) in [5.74, 6) is 0.524. The first kappa shape index (κ1) is 19.7. The van der Waals surface area contributed by atoms with E-state index in [0.717, 1.165) is 17.7 Å². The van der Waals surface area contributed by atoms with E-state index in [-0.39, 0.29) is 30.8 Å². The molecule has 2 rings (SSSR count). The number of hydrogen-bond donors (Lipinski definition) is 3. The van der Waals surface area contributed by atoms with Crippen LogP contribution in [0.4, 0.5) is 5.69 Å². The molecule has 1 aliphatic carbocycles. The van der Waals surface area contributed by atoms with E-state index in [9.17, 15) is 14.9 Å². The number of ether oxygens (including phenoxy) is 1. The molecule has 3 N–H and O–H groups in total. The van der Waals surface area contributed by atoms with Gasteiger partial charge in [0.05, 0.1) is 19.7 Å². The lowest BCUT2D eigenvalue weighted by Gasteiger charge is -2.24. The molecule has 2 amide bonds. The van der Waals surface area contributed by atoms with Crippen LogP contribution in [0.25, 0.3) is 0 Å². The van der Waals surface area contributed by atoms with Gasteiger partial charge in [0.1, 0.15) is 11.3 Å². The first-order valence-electron chi connectivity index (χ1n) is 8.90. The fraction of sp³-hybridized carbons (Fsp3) is 0.526. The van der Waals surface area contributed by atoms with Gasteiger partial charge in [-0.15, -0.1) is 0 Å². The molecule has 140 valence electrons. The largest absolute Gasteiger partial charge is 0.497 e. The molecule has 0 radical (unpaired) electrons. The molecule has 2 atom stereocenters. The Bertz CT molecular complexity index is 696. The van der Waals surface area contributed by atoms with Crippen LogP contribution in [-0.4, -0.2) is 44.1 Å². The summed E-state index contributed by atoms with van der Waals surface area (Å²) in [4.78, 5) is 25.4. The van der Waals surface area contributed by atoms with Crippen molar-refractivity contribution in [3.8, 4) is 11.8 Å². The van der Waals surface area contributed by atoms with Gasteiger partial charge in [-0.25, -0.2) is 0 Å². The third-order valence-corrected chi connectivity index (χ3v) is 4.70. The van der Waals surface area contributed by atoms with Gasteiger partial charge in [0.25, 0.3) is 11.8 Å². The highest BCUT2D eigenvalue weighted by Crippen LogP contribution is 2.39. The van der Waals surface area contributed by atoms with Crippen LogP contribution in [0, 0.1) is 17.2 Å². The fourth-order valence-electron chi connectivity index (χ4n) is 2.89. The molecule has 1 aromatic rings. The van der Waals surface area contributed by atoms with Crippen LogP contribution < -0.4 is 20.3 Å². The summed E-state index contributed by atoms with van der Waals surface area (Å²) in [7, 11) is 1.57. The number of carbonyl (C=O) groups excluding carboxylic acids is 2. The van der Waals surface area contributed by atoms with E-state index in [2.05, 4.69) is 16.7 Å². The Labute approximate surface area is 154 Å². The Morgan fingerprint density at radius 2 is 2.04 bits per heavy atom. The lowest BCUT2D eigenvalue weighted by atomic mass is 9.98. The molecule has 0 aromatic heterocycles. The molecule has 1 fully saturated rings. The Balaban J connectivity index is 1.86. The van der Waals surface area contributed by atoms with Crippen LogP contribution in [0.5, 0.6) is 5.75 Å². The van der Waals surface area contributed by atoms with E-state index in [4.69, 9.17) is 4.74 Å². The van der Waals surface area contributed by atoms with Gasteiger partial charge < -0.3 is 20.3 Å². The van der Waals surface area contributed by atoms with E-state index in [1.54, 1.807) is 38.3 Å². The third-order valence-electron chi connectivity index (χ3n) is 4.70. The van der Waals surface area contributed by atoms with Crippen molar-refractivity contribution >= 4 is 17.5 Å². The van der Waals surface area contributed by atoms with Crippen LogP contribution >= 0.6 is 0 Å². The highest BCUT2D eigenvalue weighted by atomic mass is 16.5. The zero-order chi connectivity index (χ0) is 19.2. The number of amides is 2. The number of nitriles is 1. The van der Waals surface area contributed by atoms with Gasteiger partial charge in [-0.2, -0.15) is 5.26 Å². The molecule has 0 heterocycles. The molecule has 1 unspecified atom stereocenters. The Hall–Kier alpha value is -2.59. The van der Waals surface area contributed by atoms with Gasteiger partial charge >= 0.3 is 0 Å². The van der Waals surface area contributed by atoms with Gasteiger partial charge in [-0.05, 0) is 44.7 Å². The molecule has 1 aliphatic rings. The number of carbonyl (C=O) groups is 2. The van der Waals surface area contributed by atoms with E-state index < -0.39 is 5.54 Å². The number of rotatable bonds is 9. The Morgan fingerprint density at radius 1 is 1.35 bits per heavy atom. The predicted octanol–water partition coefficient (Wildman–Crippen LogP) is 0.347. The molecule has 0 saturated heterocycles. The predicted molar refractivity (Wildman–Crippen MR) is 97.7 cm³/mol. The van der Waals surface area contributed by atoms with Gasteiger partial charge in [0.15, 0.2) is 13.1 Å². The minimum atomic E-state index is -0.807. The zero-order valence-corrected chi connectivity index (χ0v) is 15.6. The number of methoxy groups -OCH3 is 1. The summed E-state index contributed by atoms with van der Waals surface area (Å²) >= 11 is 0. The van der Waals surface area contributed by atoms with E-state index >= 15 is 0 Å². The lowest BCUT2D eigenvalue weighted by Crippen LogP contribution is -3.14. The topological polar surface area (TPSA) is 95.7 Å². The number of benzene rings is 1. The van der Waals surface area contributed by atoms with Gasteiger partial charge in [-0.1, -0.05) is 6.07 Å². The molecule has 26 heavy (non-hydrogen) atoms. The van der Waals surface area contributed by atoms with E-state index in [1.165, 1.54) is 0 Å². The maximum absolute atomic E-state index is 12.3. The van der Waals surface area contributed by atoms with Crippen molar-refractivity contribution < 1.29 is 19.2 Å². The maximum atomic E-state index is 12.3. The molecule has 1 aromatic carbocycles. The molecule has 1 saturated carbocycles. The summed E-state index contributed by atoms with van der Waals surface area (Å²) in [6.45, 7) is 4.65. The first-order valence-corrected chi connectivity index (χ1v) is 8.90. The molecule has 0 spiro atoms. The molecule has 0 aliphatic heterocycles.